The minimum absolute atomic E-state index is 0.00382. The molecule has 2 heterocycles. The number of benzene rings is 1. The van der Waals surface area contributed by atoms with Crippen LogP contribution in [0.25, 0.3) is 0 Å². The molecule has 1 fully saturated rings. The molecule has 7 heteroatoms. The lowest BCUT2D eigenvalue weighted by molar-refractivity contribution is -0.125. The molecule has 1 aromatic carbocycles. The Hall–Kier alpha value is -2.67. The minimum Gasteiger partial charge on any atom is -0.352 e. The Morgan fingerprint density at radius 1 is 0.968 bits per heavy atom. The fraction of sp³-hybridized carbons (Fsp3) is 0.458. The highest BCUT2D eigenvalue weighted by Gasteiger charge is 2.35. The molecule has 6 nitrogen and oxygen atoms in total. The summed E-state index contributed by atoms with van der Waals surface area (Å²) in [6, 6.07) is 12.0. The molecule has 3 amide bonds. The third-order valence-electron chi connectivity index (χ3n) is 6.01. The minimum atomic E-state index is -0.632. The van der Waals surface area contributed by atoms with Gasteiger partial charge in [0.25, 0.3) is 11.8 Å². The predicted molar refractivity (Wildman–Crippen MR) is 123 cm³/mol. The van der Waals surface area contributed by atoms with Crippen LogP contribution in [0.15, 0.2) is 47.8 Å². The number of carbonyl (C=O) groups excluding carboxylic acids is 3. The molecule has 1 saturated heterocycles. The molecule has 31 heavy (non-hydrogen) atoms. The van der Waals surface area contributed by atoms with Crippen LogP contribution in [0.1, 0.15) is 53.6 Å². The van der Waals surface area contributed by atoms with Crippen molar-refractivity contribution in [2.75, 3.05) is 13.1 Å². The normalized spacial score (nSPS) is 16.6. The van der Waals surface area contributed by atoms with E-state index in [9.17, 15) is 14.4 Å². The van der Waals surface area contributed by atoms with Gasteiger partial charge in [0, 0.05) is 24.7 Å². The summed E-state index contributed by atoms with van der Waals surface area (Å²) in [5.74, 6) is -0.112. The summed E-state index contributed by atoms with van der Waals surface area (Å²) >= 11 is 1.44. The molecule has 0 spiro atoms. The van der Waals surface area contributed by atoms with E-state index in [4.69, 9.17) is 0 Å². The first-order valence-corrected chi connectivity index (χ1v) is 11.7. The molecule has 1 aliphatic heterocycles. The third kappa shape index (κ3) is 5.94. The van der Waals surface area contributed by atoms with Gasteiger partial charge in [-0.2, -0.15) is 0 Å². The maximum absolute atomic E-state index is 13.1. The quantitative estimate of drug-likeness (QED) is 0.690. The maximum atomic E-state index is 13.1. The summed E-state index contributed by atoms with van der Waals surface area (Å²) in [6.07, 6.45) is 1.33. The average molecular weight is 442 g/mol. The van der Waals surface area contributed by atoms with E-state index < -0.39 is 6.04 Å². The van der Waals surface area contributed by atoms with E-state index in [2.05, 4.69) is 24.5 Å². The number of amides is 3. The Kier molecular flexibility index (Phi) is 7.85. The Labute approximate surface area is 188 Å². The van der Waals surface area contributed by atoms with Gasteiger partial charge in [-0.15, -0.1) is 11.3 Å². The van der Waals surface area contributed by atoms with Gasteiger partial charge >= 0.3 is 0 Å². The smallest absolute Gasteiger partial charge is 0.263 e. The predicted octanol–water partition coefficient (Wildman–Crippen LogP) is 3.56. The summed E-state index contributed by atoms with van der Waals surface area (Å²) in [7, 11) is 0. The number of hydrogen-bond acceptors (Lipinski definition) is 4. The van der Waals surface area contributed by atoms with Crippen molar-refractivity contribution < 1.29 is 14.4 Å². The molecule has 0 radical (unpaired) electrons. The number of piperidine rings is 1. The lowest BCUT2D eigenvalue weighted by Gasteiger charge is -2.36. The summed E-state index contributed by atoms with van der Waals surface area (Å²) in [4.78, 5) is 41.1. The average Bonchev–Trinajstić information content (AvgIpc) is 3.32. The summed E-state index contributed by atoms with van der Waals surface area (Å²) in [5, 5.41) is 7.92. The van der Waals surface area contributed by atoms with Crippen molar-refractivity contribution in [2.45, 2.75) is 45.7 Å². The van der Waals surface area contributed by atoms with Crippen LogP contribution in [0.5, 0.6) is 0 Å². The number of rotatable bonds is 7. The Bertz CT molecular complexity index is 875. The van der Waals surface area contributed by atoms with Crippen LogP contribution < -0.4 is 10.6 Å². The van der Waals surface area contributed by atoms with E-state index in [1.54, 1.807) is 24.3 Å². The van der Waals surface area contributed by atoms with Gasteiger partial charge in [-0.05, 0) is 55.2 Å². The Balaban J connectivity index is 1.69. The van der Waals surface area contributed by atoms with E-state index in [-0.39, 0.29) is 29.7 Å². The van der Waals surface area contributed by atoms with Crippen molar-refractivity contribution in [1.82, 2.24) is 15.5 Å². The van der Waals surface area contributed by atoms with Crippen molar-refractivity contribution >= 4 is 29.1 Å². The number of likely N-dealkylation sites (tertiary alicyclic amines) is 1. The van der Waals surface area contributed by atoms with Gasteiger partial charge in [-0.1, -0.05) is 38.1 Å². The summed E-state index contributed by atoms with van der Waals surface area (Å²) in [5.41, 5.74) is 0.530. The van der Waals surface area contributed by atoms with E-state index in [1.807, 2.05) is 35.4 Å². The van der Waals surface area contributed by atoms with Crippen molar-refractivity contribution in [2.24, 2.45) is 11.8 Å². The molecule has 1 aromatic heterocycles. The topological polar surface area (TPSA) is 78.5 Å². The van der Waals surface area contributed by atoms with Crippen LogP contribution in [0.2, 0.25) is 0 Å². The van der Waals surface area contributed by atoms with Gasteiger partial charge in [0.05, 0.1) is 4.88 Å². The standard InChI is InChI=1S/C24H31N3O3S/c1-16(2)17(3)25-23(29)21(26-22(28)19-8-5-4-6-9-19)18-11-13-27(14-12-18)24(30)20-10-7-15-31-20/h4-10,15-18,21H,11-14H2,1-3H3,(H,25,29)(H,26,28)/t17-,21+/m0/s1. The highest BCUT2D eigenvalue weighted by atomic mass is 32.1. The van der Waals surface area contributed by atoms with Gasteiger partial charge in [0.15, 0.2) is 0 Å². The van der Waals surface area contributed by atoms with Crippen LogP contribution in [0, 0.1) is 11.8 Å². The van der Waals surface area contributed by atoms with Crippen LogP contribution >= 0.6 is 11.3 Å². The zero-order chi connectivity index (χ0) is 22.4. The molecule has 166 valence electrons. The van der Waals surface area contributed by atoms with Gasteiger partial charge in [-0.3, -0.25) is 14.4 Å². The lowest BCUT2D eigenvalue weighted by atomic mass is 9.88. The summed E-state index contributed by atoms with van der Waals surface area (Å²) in [6.45, 7) is 7.23. The van der Waals surface area contributed by atoms with Crippen molar-refractivity contribution in [3.05, 3.63) is 58.3 Å². The second-order valence-electron chi connectivity index (χ2n) is 8.47. The molecule has 0 aliphatic carbocycles. The monoisotopic (exact) mass is 441 g/mol. The van der Waals surface area contributed by atoms with E-state index >= 15 is 0 Å². The highest BCUT2D eigenvalue weighted by Crippen LogP contribution is 2.24. The molecular formula is C24H31N3O3S. The largest absolute Gasteiger partial charge is 0.352 e. The molecule has 0 bridgehead atoms. The maximum Gasteiger partial charge on any atom is 0.263 e. The van der Waals surface area contributed by atoms with E-state index in [1.165, 1.54) is 11.3 Å². The van der Waals surface area contributed by atoms with E-state index in [0.717, 1.165) is 4.88 Å². The first-order valence-electron chi connectivity index (χ1n) is 10.9. The van der Waals surface area contributed by atoms with E-state index in [0.29, 0.717) is 37.4 Å². The van der Waals surface area contributed by atoms with Gasteiger partial charge in [-0.25, -0.2) is 0 Å². The van der Waals surface area contributed by atoms with Gasteiger partial charge in [0.2, 0.25) is 5.91 Å². The van der Waals surface area contributed by atoms with Crippen molar-refractivity contribution in [1.29, 1.82) is 0 Å². The number of carbonyl (C=O) groups is 3. The Morgan fingerprint density at radius 2 is 1.65 bits per heavy atom. The molecule has 2 atom stereocenters. The summed E-state index contributed by atoms with van der Waals surface area (Å²) < 4.78 is 0. The molecule has 0 unspecified atom stereocenters. The van der Waals surface area contributed by atoms with Crippen LogP contribution in [0.3, 0.4) is 0 Å². The SMILES string of the molecule is CC(C)[C@H](C)NC(=O)[C@H](NC(=O)c1ccccc1)C1CCN(C(=O)c2cccs2)CC1. The molecular weight excluding hydrogens is 410 g/mol. The molecule has 2 N–H and O–H groups in total. The second-order valence-corrected chi connectivity index (χ2v) is 9.41. The van der Waals surface area contributed by atoms with Crippen molar-refractivity contribution in [3.8, 4) is 0 Å². The molecule has 3 rings (SSSR count). The van der Waals surface area contributed by atoms with Crippen LogP contribution in [-0.2, 0) is 4.79 Å². The lowest BCUT2D eigenvalue weighted by Crippen LogP contribution is -2.55. The number of nitrogens with one attached hydrogen (secondary N) is 2. The molecule has 2 aromatic rings. The Morgan fingerprint density at radius 3 is 2.23 bits per heavy atom. The second kappa shape index (κ2) is 10.6. The van der Waals surface area contributed by atoms with Crippen molar-refractivity contribution in [3.63, 3.8) is 0 Å². The number of nitrogens with zero attached hydrogens (tertiary/aromatic N) is 1. The van der Waals surface area contributed by atoms with Crippen LogP contribution in [-0.4, -0.2) is 47.8 Å². The number of thiophene rings is 1. The first kappa shape index (κ1) is 23.0. The zero-order valence-electron chi connectivity index (χ0n) is 18.3. The van der Waals surface area contributed by atoms with Gasteiger partial charge < -0.3 is 15.5 Å². The fourth-order valence-electron chi connectivity index (χ4n) is 3.68. The first-order chi connectivity index (χ1) is 14.9. The molecule has 1 aliphatic rings. The fourth-order valence-corrected chi connectivity index (χ4v) is 4.38. The zero-order valence-corrected chi connectivity index (χ0v) is 19.2. The van der Waals surface area contributed by atoms with Gasteiger partial charge in [0.1, 0.15) is 6.04 Å². The van der Waals surface area contributed by atoms with Crippen LogP contribution in [0.4, 0.5) is 0 Å². The highest BCUT2D eigenvalue weighted by molar-refractivity contribution is 7.12. The third-order valence-corrected chi connectivity index (χ3v) is 6.86. The number of hydrogen-bond donors (Lipinski definition) is 2. The molecule has 0 saturated carbocycles.